The molecular formula is C9H11Cl3. The van der Waals surface area contributed by atoms with Crippen LogP contribution in [0, 0.1) is 0 Å². The number of allylic oxidation sites excluding steroid dienone is 4. The summed E-state index contributed by atoms with van der Waals surface area (Å²) < 4.78 is 0. The lowest BCUT2D eigenvalue weighted by Crippen LogP contribution is -2.23. The van der Waals surface area contributed by atoms with E-state index in [9.17, 15) is 0 Å². The second-order valence-corrected chi connectivity index (χ2v) is 4.64. The van der Waals surface area contributed by atoms with Crippen LogP contribution in [0.2, 0.25) is 0 Å². The molecule has 0 nitrogen and oxygen atoms in total. The molecule has 0 heterocycles. The lowest BCUT2D eigenvalue weighted by atomic mass is 9.94. The first-order valence-electron chi connectivity index (χ1n) is 4.00. The Hall–Kier alpha value is 0.350. The predicted molar refractivity (Wildman–Crippen MR) is 56.0 cm³/mol. The highest BCUT2D eigenvalue weighted by molar-refractivity contribution is 6.41. The van der Waals surface area contributed by atoms with Crippen molar-refractivity contribution in [3.63, 3.8) is 0 Å². The van der Waals surface area contributed by atoms with Crippen molar-refractivity contribution in [1.82, 2.24) is 0 Å². The minimum Gasteiger partial charge on any atom is -0.113 e. The lowest BCUT2D eigenvalue weighted by Gasteiger charge is -2.28. The summed E-state index contributed by atoms with van der Waals surface area (Å²) in [6, 6.07) is 0. The Balaban J connectivity index is 2.80. The van der Waals surface area contributed by atoms with Crippen LogP contribution < -0.4 is 0 Å². The number of halogens is 3. The van der Waals surface area contributed by atoms with Gasteiger partial charge in [-0.25, -0.2) is 0 Å². The van der Waals surface area contributed by atoms with Crippen molar-refractivity contribution in [3.8, 4) is 0 Å². The smallest absolute Gasteiger partial charge is 0.0849 e. The minimum absolute atomic E-state index is 0.442. The van der Waals surface area contributed by atoms with Crippen LogP contribution in [0.15, 0.2) is 22.2 Å². The van der Waals surface area contributed by atoms with Gasteiger partial charge in [0.25, 0.3) is 0 Å². The monoisotopic (exact) mass is 224 g/mol. The Labute approximate surface area is 88.2 Å². The largest absolute Gasteiger partial charge is 0.113 e. The van der Waals surface area contributed by atoms with E-state index in [0.29, 0.717) is 11.5 Å². The summed E-state index contributed by atoms with van der Waals surface area (Å²) in [7, 11) is 0. The molecule has 0 aromatic carbocycles. The molecule has 1 unspecified atom stereocenters. The van der Waals surface area contributed by atoms with Gasteiger partial charge in [0.2, 0.25) is 0 Å². The van der Waals surface area contributed by atoms with Crippen molar-refractivity contribution in [3.05, 3.63) is 22.2 Å². The normalized spacial score (nSPS) is 29.7. The SMILES string of the molecule is CCCC1(Cl)CC(Cl)=CC=C1Cl. The lowest BCUT2D eigenvalue weighted by molar-refractivity contribution is 0.607. The highest BCUT2D eigenvalue weighted by Gasteiger charge is 2.32. The van der Waals surface area contributed by atoms with Gasteiger partial charge in [0.05, 0.1) is 4.87 Å². The molecular weight excluding hydrogens is 214 g/mol. The molecule has 0 N–H and O–H groups in total. The topological polar surface area (TPSA) is 0 Å². The Kier molecular flexibility index (Phi) is 3.51. The zero-order valence-corrected chi connectivity index (χ0v) is 9.18. The highest BCUT2D eigenvalue weighted by Crippen LogP contribution is 2.42. The van der Waals surface area contributed by atoms with E-state index in [2.05, 4.69) is 6.92 Å². The van der Waals surface area contributed by atoms with E-state index in [4.69, 9.17) is 34.8 Å². The van der Waals surface area contributed by atoms with Crippen molar-refractivity contribution in [1.29, 1.82) is 0 Å². The predicted octanol–water partition coefficient (Wildman–Crippen LogP) is 4.41. The Bertz CT molecular complexity index is 230. The zero-order valence-electron chi connectivity index (χ0n) is 6.91. The second kappa shape index (κ2) is 4.04. The molecule has 0 saturated heterocycles. The molecule has 1 aliphatic rings. The van der Waals surface area contributed by atoms with Gasteiger partial charge in [-0.2, -0.15) is 0 Å². The third-order valence-electron chi connectivity index (χ3n) is 1.93. The number of hydrogen-bond donors (Lipinski definition) is 0. The van der Waals surface area contributed by atoms with Gasteiger partial charge in [-0.3, -0.25) is 0 Å². The molecule has 12 heavy (non-hydrogen) atoms. The van der Waals surface area contributed by atoms with Gasteiger partial charge in [-0.1, -0.05) is 36.5 Å². The fraction of sp³-hybridized carbons (Fsp3) is 0.556. The minimum atomic E-state index is -0.442. The number of alkyl halides is 1. The third-order valence-corrected chi connectivity index (χ3v) is 3.30. The summed E-state index contributed by atoms with van der Waals surface area (Å²) in [4.78, 5) is -0.442. The van der Waals surface area contributed by atoms with Crippen molar-refractivity contribution in [2.24, 2.45) is 0 Å². The van der Waals surface area contributed by atoms with Crippen LogP contribution in [-0.4, -0.2) is 4.87 Å². The van der Waals surface area contributed by atoms with Crippen LogP contribution in [0.1, 0.15) is 26.2 Å². The van der Waals surface area contributed by atoms with Crippen molar-refractivity contribution in [2.45, 2.75) is 31.1 Å². The number of hydrogen-bond acceptors (Lipinski definition) is 0. The van der Waals surface area contributed by atoms with Gasteiger partial charge in [0, 0.05) is 16.5 Å². The molecule has 0 fully saturated rings. The maximum atomic E-state index is 6.30. The molecule has 0 spiro atoms. The molecule has 1 rings (SSSR count). The van der Waals surface area contributed by atoms with Crippen LogP contribution in [0.25, 0.3) is 0 Å². The Morgan fingerprint density at radius 3 is 2.67 bits per heavy atom. The molecule has 1 aliphatic carbocycles. The molecule has 0 aromatic rings. The van der Waals surface area contributed by atoms with Gasteiger partial charge in [-0.15, -0.1) is 11.6 Å². The quantitative estimate of drug-likeness (QED) is 0.611. The summed E-state index contributed by atoms with van der Waals surface area (Å²) in [5.74, 6) is 0. The van der Waals surface area contributed by atoms with Gasteiger partial charge < -0.3 is 0 Å². The number of rotatable bonds is 2. The van der Waals surface area contributed by atoms with Gasteiger partial charge in [0.15, 0.2) is 0 Å². The fourth-order valence-electron chi connectivity index (χ4n) is 1.33. The van der Waals surface area contributed by atoms with Crippen LogP contribution >= 0.6 is 34.8 Å². The molecule has 68 valence electrons. The van der Waals surface area contributed by atoms with Crippen molar-refractivity contribution >= 4 is 34.8 Å². The van der Waals surface area contributed by atoms with E-state index in [1.807, 2.05) is 0 Å². The van der Waals surface area contributed by atoms with E-state index in [-0.39, 0.29) is 0 Å². The summed E-state index contributed by atoms with van der Waals surface area (Å²) in [6.07, 6.45) is 6.13. The molecule has 0 aliphatic heterocycles. The maximum Gasteiger partial charge on any atom is 0.0849 e. The van der Waals surface area contributed by atoms with Gasteiger partial charge in [-0.05, 0) is 18.6 Å². The summed E-state index contributed by atoms with van der Waals surface area (Å²) in [5.41, 5.74) is 0. The molecule has 1 atom stereocenters. The molecule has 3 heteroatoms. The van der Waals surface area contributed by atoms with Gasteiger partial charge in [0.1, 0.15) is 0 Å². The van der Waals surface area contributed by atoms with Crippen LogP contribution in [0.4, 0.5) is 0 Å². The van der Waals surface area contributed by atoms with E-state index in [0.717, 1.165) is 17.9 Å². The first-order chi connectivity index (χ1) is 5.58. The molecule has 0 radical (unpaired) electrons. The first kappa shape index (κ1) is 10.4. The van der Waals surface area contributed by atoms with E-state index in [1.165, 1.54) is 0 Å². The summed E-state index contributed by atoms with van der Waals surface area (Å²) >= 11 is 18.2. The molecule has 0 bridgehead atoms. The van der Waals surface area contributed by atoms with Crippen LogP contribution in [0.5, 0.6) is 0 Å². The standard InChI is InChI=1S/C9H11Cl3/c1-2-5-9(12)6-7(10)3-4-8(9)11/h3-4H,2,5-6H2,1H3. The summed E-state index contributed by atoms with van der Waals surface area (Å²) in [5, 5.41) is 1.48. The Morgan fingerprint density at radius 2 is 2.08 bits per heavy atom. The van der Waals surface area contributed by atoms with Crippen LogP contribution in [0.3, 0.4) is 0 Å². The van der Waals surface area contributed by atoms with E-state index >= 15 is 0 Å². The average molecular weight is 226 g/mol. The second-order valence-electron chi connectivity index (χ2n) is 3.02. The fourth-order valence-corrected chi connectivity index (χ4v) is 2.31. The molecule has 0 aromatic heterocycles. The molecule has 0 amide bonds. The van der Waals surface area contributed by atoms with Gasteiger partial charge >= 0.3 is 0 Å². The van der Waals surface area contributed by atoms with E-state index < -0.39 is 4.87 Å². The third kappa shape index (κ3) is 2.18. The first-order valence-corrected chi connectivity index (χ1v) is 5.13. The maximum absolute atomic E-state index is 6.30. The summed E-state index contributed by atoms with van der Waals surface area (Å²) in [6.45, 7) is 2.08. The van der Waals surface area contributed by atoms with Crippen molar-refractivity contribution < 1.29 is 0 Å². The highest BCUT2D eigenvalue weighted by atomic mass is 35.5. The average Bonchev–Trinajstić information content (AvgIpc) is 1.98. The van der Waals surface area contributed by atoms with Crippen LogP contribution in [-0.2, 0) is 0 Å². The zero-order chi connectivity index (χ0) is 9.19. The van der Waals surface area contributed by atoms with Crippen molar-refractivity contribution in [2.75, 3.05) is 0 Å². The Morgan fingerprint density at radius 1 is 1.42 bits per heavy atom. The molecule has 0 saturated carbocycles. The van der Waals surface area contributed by atoms with E-state index in [1.54, 1.807) is 12.2 Å².